The fourth-order valence-corrected chi connectivity index (χ4v) is 2.71. The minimum absolute atomic E-state index is 0.0144. The number of amides is 1. The van der Waals surface area contributed by atoms with Crippen LogP contribution in [-0.2, 0) is 4.79 Å². The molecule has 2 rings (SSSR count). The summed E-state index contributed by atoms with van der Waals surface area (Å²) in [6, 6.07) is 8.03. The Kier molecular flexibility index (Phi) is 4.33. The first-order valence-corrected chi connectivity index (χ1v) is 7.19. The van der Waals surface area contributed by atoms with Crippen LogP contribution in [0.4, 0.5) is 0 Å². The van der Waals surface area contributed by atoms with Crippen LogP contribution in [0.2, 0.25) is 0 Å². The molecule has 1 aliphatic heterocycles. The molecule has 2 N–H and O–H groups in total. The number of benzene rings is 1. The summed E-state index contributed by atoms with van der Waals surface area (Å²) in [7, 11) is 0. The minimum atomic E-state index is -0.380. The number of hydrogen-bond donors (Lipinski definition) is 1. The summed E-state index contributed by atoms with van der Waals surface area (Å²) in [6.45, 7) is 7.87. The van der Waals surface area contributed by atoms with E-state index in [2.05, 4.69) is 18.7 Å². The molecular formula is C16H24N2O2. The number of para-hydroxylation sites is 1. The highest BCUT2D eigenvalue weighted by molar-refractivity contribution is 5.76. The Bertz CT molecular complexity index is 477. The summed E-state index contributed by atoms with van der Waals surface area (Å²) >= 11 is 0. The van der Waals surface area contributed by atoms with Gasteiger partial charge in [0.2, 0.25) is 5.91 Å². The first-order valence-electron chi connectivity index (χ1n) is 7.19. The lowest BCUT2D eigenvalue weighted by Crippen LogP contribution is -2.52. The van der Waals surface area contributed by atoms with Crippen molar-refractivity contribution in [1.82, 2.24) is 4.90 Å². The summed E-state index contributed by atoms with van der Waals surface area (Å²) in [4.78, 5) is 13.5. The molecular weight excluding hydrogens is 252 g/mol. The number of primary amides is 1. The highest BCUT2D eigenvalue weighted by Gasteiger charge is 2.33. The number of likely N-dealkylation sites (tertiary alicyclic amines) is 1. The Morgan fingerprint density at radius 3 is 2.45 bits per heavy atom. The number of carbonyl (C=O) groups excluding carboxylic acids is 1. The minimum Gasteiger partial charge on any atom is -0.473 e. The highest BCUT2D eigenvalue weighted by Crippen LogP contribution is 2.28. The molecule has 1 saturated heterocycles. The second-order valence-electron chi connectivity index (χ2n) is 5.98. The zero-order chi connectivity index (χ0) is 14.8. The number of rotatable bonds is 4. The Morgan fingerprint density at radius 2 is 1.90 bits per heavy atom. The third kappa shape index (κ3) is 3.31. The van der Waals surface area contributed by atoms with Gasteiger partial charge in [-0.25, -0.2) is 0 Å². The molecule has 1 aliphatic rings. The molecule has 4 heteroatoms. The van der Waals surface area contributed by atoms with Crippen molar-refractivity contribution < 1.29 is 9.53 Å². The van der Waals surface area contributed by atoms with Crippen molar-refractivity contribution in [3.63, 3.8) is 0 Å². The van der Waals surface area contributed by atoms with Crippen molar-refractivity contribution in [1.29, 1.82) is 0 Å². The lowest BCUT2D eigenvalue weighted by atomic mass is 9.95. The van der Waals surface area contributed by atoms with Crippen LogP contribution >= 0.6 is 0 Å². The van der Waals surface area contributed by atoms with Crippen LogP contribution < -0.4 is 10.5 Å². The lowest BCUT2D eigenvalue weighted by molar-refractivity contribution is -0.126. The maximum absolute atomic E-state index is 11.2. The van der Waals surface area contributed by atoms with Crippen molar-refractivity contribution in [2.45, 2.75) is 39.3 Å². The maximum atomic E-state index is 11.2. The van der Waals surface area contributed by atoms with Gasteiger partial charge >= 0.3 is 0 Å². The molecule has 0 aromatic heterocycles. The Hall–Kier alpha value is -1.55. The number of piperidine rings is 1. The molecule has 1 aromatic rings. The Labute approximate surface area is 120 Å². The monoisotopic (exact) mass is 276 g/mol. The molecule has 1 aromatic carbocycles. The van der Waals surface area contributed by atoms with Crippen LogP contribution in [0, 0.1) is 12.8 Å². The van der Waals surface area contributed by atoms with Crippen molar-refractivity contribution >= 4 is 5.91 Å². The topological polar surface area (TPSA) is 55.6 Å². The van der Waals surface area contributed by atoms with E-state index in [0.29, 0.717) is 0 Å². The average Bonchev–Trinajstić information content (AvgIpc) is 2.41. The van der Waals surface area contributed by atoms with Crippen LogP contribution in [0.3, 0.4) is 0 Å². The van der Waals surface area contributed by atoms with Crippen molar-refractivity contribution in [3.05, 3.63) is 29.8 Å². The predicted molar refractivity (Wildman–Crippen MR) is 79.4 cm³/mol. The van der Waals surface area contributed by atoms with Crippen LogP contribution in [-0.4, -0.2) is 29.6 Å². The number of nitrogens with zero attached hydrogens (tertiary/aromatic N) is 1. The van der Waals surface area contributed by atoms with Gasteiger partial charge in [-0.3, -0.25) is 9.69 Å². The molecule has 4 nitrogen and oxygen atoms in total. The molecule has 0 unspecified atom stereocenters. The third-order valence-corrected chi connectivity index (χ3v) is 4.11. The van der Waals surface area contributed by atoms with E-state index >= 15 is 0 Å². The predicted octanol–water partition coefficient (Wildman–Crippen LogP) is 2.31. The maximum Gasteiger partial charge on any atom is 0.220 e. The van der Waals surface area contributed by atoms with Gasteiger partial charge in [-0.15, -0.1) is 0 Å². The molecule has 1 heterocycles. The number of ether oxygens (including phenoxy) is 1. The first kappa shape index (κ1) is 14.9. The van der Waals surface area contributed by atoms with Crippen LogP contribution in [0.1, 0.15) is 32.3 Å². The molecule has 0 bridgehead atoms. The van der Waals surface area contributed by atoms with Gasteiger partial charge in [0, 0.05) is 19.0 Å². The summed E-state index contributed by atoms with van der Waals surface area (Å²) in [5.41, 5.74) is 6.13. The van der Waals surface area contributed by atoms with Gasteiger partial charge in [-0.05, 0) is 45.2 Å². The first-order chi connectivity index (χ1) is 9.40. The second kappa shape index (κ2) is 5.83. The van der Waals surface area contributed by atoms with E-state index in [-0.39, 0.29) is 17.6 Å². The summed E-state index contributed by atoms with van der Waals surface area (Å²) in [5, 5.41) is 0. The molecule has 110 valence electrons. The smallest absolute Gasteiger partial charge is 0.220 e. The normalized spacial score (nSPS) is 17.9. The van der Waals surface area contributed by atoms with E-state index in [0.717, 1.165) is 37.2 Å². The van der Waals surface area contributed by atoms with Crippen LogP contribution in [0.5, 0.6) is 5.75 Å². The van der Waals surface area contributed by atoms with E-state index in [4.69, 9.17) is 10.5 Å². The molecule has 0 atom stereocenters. The molecule has 0 radical (unpaired) electrons. The third-order valence-electron chi connectivity index (χ3n) is 4.11. The highest BCUT2D eigenvalue weighted by atomic mass is 16.5. The summed E-state index contributed by atoms with van der Waals surface area (Å²) in [6.07, 6.45) is 1.63. The van der Waals surface area contributed by atoms with Crippen LogP contribution in [0.15, 0.2) is 24.3 Å². The van der Waals surface area contributed by atoms with E-state index in [1.165, 1.54) is 0 Å². The fourth-order valence-electron chi connectivity index (χ4n) is 2.71. The summed E-state index contributed by atoms with van der Waals surface area (Å²) < 4.78 is 6.18. The van der Waals surface area contributed by atoms with E-state index < -0.39 is 0 Å². The average molecular weight is 276 g/mol. The number of hydrogen-bond acceptors (Lipinski definition) is 3. The van der Waals surface area contributed by atoms with E-state index in [9.17, 15) is 4.79 Å². The second-order valence-corrected chi connectivity index (χ2v) is 5.98. The summed E-state index contributed by atoms with van der Waals surface area (Å²) in [5.74, 6) is 0.748. The molecule has 1 amide bonds. The zero-order valence-corrected chi connectivity index (χ0v) is 12.6. The number of carbonyl (C=O) groups is 1. The lowest BCUT2D eigenvalue weighted by Gasteiger charge is -2.42. The molecule has 20 heavy (non-hydrogen) atoms. The van der Waals surface area contributed by atoms with Gasteiger partial charge in [-0.1, -0.05) is 18.2 Å². The fraction of sp³-hybridized carbons (Fsp3) is 0.562. The molecule has 0 spiro atoms. The quantitative estimate of drug-likeness (QED) is 0.918. The Morgan fingerprint density at radius 1 is 1.30 bits per heavy atom. The van der Waals surface area contributed by atoms with Crippen LogP contribution in [0.25, 0.3) is 0 Å². The van der Waals surface area contributed by atoms with E-state index in [1.54, 1.807) is 0 Å². The van der Waals surface area contributed by atoms with Crippen molar-refractivity contribution in [3.8, 4) is 5.75 Å². The van der Waals surface area contributed by atoms with Crippen molar-refractivity contribution in [2.24, 2.45) is 11.7 Å². The van der Waals surface area contributed by atoms with Gasteiger partial charge < -0.3 is 10.5 Å². The molecule has 0 aliphatic carbocycles. The molecule has 1 fully saturated rings. The van der Waals surface area contributed by atoms with Gasteiger partial charge in [0.1, 0.15) is 5.75 Å². The van der Waals surface area contributed by atoms with Gasteiger partial charge in [0.25, 0.3) is 0 Å². The zero-order valence-electron chi connectivity index (χ0n) is 12.6. The van der Waals surface area contributed by atoms with Gasteiger partial charge in [0.15, 0.2) is 5.72 Å². The van der Waals surface area contributed by atoms with E-state index in [1.807, 2.05) is 31.2 Å². The molecule has 0 saturated carbocycles. The SMILES string of the molecule is Cc1ccccc1OC(C)(C)N1CCC(C(N)=O)CC1. The van der Waals surface area contributed by atoms with Crippen molar-refractivity contribution in [2.75, 3.05) is 13.1 Å². The number of nitrogens with two attached hydrogens (primary N) is 1. The largest absolute Gasteiger partial charge is 0.473 e. The van der Waals surface area contributed by atoms with Gasteiger partial charge in [0.05, 0.1) is 0 Å². The standard InChI is InChI=1S/C16H24N2O2/c1-12-6-4-5-7-14(12)20-16(2,3)18-10-8-13(9-11-18)15(17)19/h4-7,13H,8-11H2,1-3H3,(H2,17,19). The number of aryl methyl sites for hydroxylation is 1. The Balaban J connectivity index is 2.01. The van der Waals surface area contributed by atoms with Gasteiger partial charge in [-0.2, -0.15) is 0 Å².